The van der Waals surface area contributed by atoms with E-state index < -0.39 is 0 Å². The van der Waals surface area contributed by atoms with Crippen molar-refractivity contribution in [3.8, 4) is 0 Å². The SMILES string of the molecule is C=C(c1ccccc1CN1CCN(C)CC1)N1Cc2nn3c(C)c(Cl)c(C)nc3c2C1. The molecular weight excluding hydrogens is 408 g/mol. The molecule has 5 rings (SSSR count). The summed E-state index contributed by atoms with van der Waals surface area (Å²) in [4.78, 5) is 12.0. The third kappa shape index (κ3) is 3.63. The van der Waals surface area contributed by atoms with Crippen LogP contribution in [0.4, 0.5) is 0 Å². The number of rotatable bonds is 4. The fourth-order valence-corrected chi connectivity index (χ4v) is 4.78. The summed E-state index contributed by atoms with van der Waals surface area (Å²) < 4.78 is 1.89. The van der Waals surface area contributed by atoms with Gasteiger partial charge >= 0.3 is 0 Å². The molecule has 7 heteroatoms. The normalized spacial score (nSPS) is 17.5. The number of aryl methyl sites for hydroxylation is 2. The quantitative estimate of drug-likeness (QED) is 0.623. The Morgan fingerprint density at radius 3 is 2.61 bits per heavy atom. The summed E-state index contributed by atoms with van der Waals surface area (Å²) in [6.45, 7) is 15.4. The average Bonchev–Trinajstić information content (AvgIpc) is 3.33. The summed E-state index contributed by atoms with van der Waals surface area (Å²) in [6.07, 6.45) is 0. The number of piperazine rings is 1. The summed E-state index contributed by atoms with van der Waals surface area (Å²) in [6, 6.07) is 8.67. The van der Waals surface area contributed by atoms with E-state index in [1.54, 1.807) is 0 Å². The second kappa shape index (κ2) is 7.93. The number of hydrogen-bond acceptors (Lipinski definition) is 5. The highest BCUT2D eigenvalue weighted by atomic mass is 35.5. The lowest BCUT2D eigenvalue weighted by molar-refractivity contribution is 0.148. The largest absolute Gasteiger partial charge is 0.361 e. The Labute approximate surface area is 188 Å². The Bertz CT molecular complexity index is 1160. The van der Waals surface area contributed by atoms with Gasteiger partial charge in [0, 0.05) is 56.1 Å². The van der Waals surface area contributed by atoms with E-state index in [4.69, 9.17) is 21.7 Å². The van der Waals surface area contributed by atoms with E-state index in [0.29, 0.717) is 5.02 Å². The fourth-order valence-electron chi connectivity index (χ4n) is 4.66. The topological polar surface area (TPSA) is 39.9 Å². The summed E-state index contributed by atoms with van der Waals surface area (Å²) >= 11 is 6.39. The van der Waals surface area contributed by atoms with Crippen LogP contribution in [-0.2, 0) is 19.6 Å². The van der Waals surface area contributed by atoms with Gasteiger partial charge in [0.2, 0.25) is 0 Å². The average molecular weight is 437 g/mol. The Morgan fingerprint density at radius 1 is 1.10 bits per heavy atom. The molecule has 4 heterocycles. The van der Waals surface area contributed by atoms with Crippen molar-refractivity contribution in [3.63, 3.8) is 0 Å². The summed E-state index contributed by atoms with van der Waals surface area (Å²) in [5.74, 6) is 0. The molecule has 3 aromatic rings. The van der Waals surface area contributed by atoms with Crippen LogP contribution in [0.15, 0.2) is 30.8 Å². The molecule has 0 N–H and O–H groups in total. The first-order valence-corrected chi connectivity index (χ1v) is 11.3. The molecule has 2 aliphatic heterocycles. The number of nitrogens with zero attached hydrogens (tertiary/aromatic N) is 6. The van der Waals surface area contributed by atoms with Crippen molar-refractivity contribution in [2.45, 2.75) is 33.5 Å². The van der Waals surface area contributed by atoms with Gasteiger partial charge in [0.1, 0.15) is 0 Å². The van der Waals surface area contributed by atoms with Crippen LogP contribution in [0, 0.1) is 13.8 Å². The minimum absolute atomic E-state index is 0.688. The lowest BCUT2D eigenvalue weighted by Gasteiger charge is -2.33. The third-order valence-corrected chi connectivity index (χ3v) is 7.20. The van der Waals surface area contributed by atoms with E-state index >= 15 is 0 Å². The Hall–Kier alpha value is -2.41. The van der Waals surface area contributed by atoms with Gasteiger partial charge in [-0.3, -0.25) is 4.90 Å². The zero-order chi connectivity index (χ0) is 21.7. The van der Waals surface area contributed by atoms with Crippen LogP contribution >= 0.6 is 11.6 Å². The molecule has 162 valence electrons. The van der Waals surface area contributed by atoms with Gasteiger partial charge < -0.3 is 9.80 Å². The van der Waals surface area contributed by atoms with Crippen LogP contribution in [0.5, 0.6) is 0 Å². The van der Waals surface area contributed by atoms with Crippen LogP contribution in [0.2, 0.25) is 5.02 Å². The zero-order valence-electron chi connectivity index (χ0n) is 18.5. The van der Waals surface area contributed by atoms with Gasteiger partial charge in [0.15, 0.2) is 5.65 Å². The maximum absolute atomic E-state index is 6.39. The monoisotopic (exact) mass is 436 g/mol. The van der Waals surface area contributed by atoms with Crippen LogP contribution < -0.4 is 0 Å². The van der Waals surface area contributed by atoms with Gasteiger partial charge in [-0.2, -0.15) is 5.10 Å². The Kier molecular flexibility index (Phi) is 5.24. The minimum atomic E-state index is 0.688. The second-order valence-electron chi connectivity index (χ2n) is 8.80. The van der Waals surface area contributed by atoms with Crippen LogP contribution in [-0.4, -0.2) is 62.5 Å². The highest BCUT2D eigenvalue weighted by Gasteiger charge is 2.29. The van der Waals surface area contributed by atoms with Crippen molar-refractivity contribution in [3.05, 3.63) is 69.6 Å². The Balaban J connectivity index is 1.39. The summed E-state index contributed by atoms with van der Waals surface area (Å²) in [7, 11) is 2.19. The predicted octanol–water partition coefficient (Wildman–Crippen LogP) is 3.73. The van der Waals surface area contributed by atoms with E-state index in [9.17, 15) is 0 Å². The number of fused-ring (bicyclic) bond motifs is 3. The van der Waals surface area contributed by atoms with E-state index in [0.717, 1.165) is 74.2 Å². The van der Waals surface area contributed by atoms with Crippen LogP contribution in [0.1, 0.15) is 33.8 Å². The van der Waals surface area contributed by atoms with Crippen molar-refractivity contribution in [2.75, 3.05) is 33.2 Å². The molecular formula is C24H29ClN6. The smallest absolute Gasteiger partial charge is 0.160 e. The minimum Gasteiger partial charge on any atom is -0.361 e. The Morgan fingerprint density at radius 2 is 1.84 bits per heavy atom. The second-order valence-corrected chi connectivity index (χ2v) is 9.17. The molecule has 0 saturated carbocycles. The summed E-state index contributed by atoms with van der Waals surface area (Å²) in [5, 5.41) is 5.51. The first-order valence-electron chi connectivity index (χ1n) is 10.9. The maximum atomic E-state index is 6.39. The van der Waals surface area contributed by atoms with Gasteiger partial charge in [-0.05, 0) is 26.5 Å². The predicted molar refractivity (Wildman–Crippen MR) is 125 cm³/mol. The zero-order valence-corrected chi connectivity index (χ0v) is 19.3. The van der Waals surface area contributed by atoms with Crippen LogP contribution in [0.25, 0.3) is 11.3 Å². The van der Waals surface area contributed by atoms with Crippen molar-refractivity contribution < 1.29 is 0 Å². The van der Waals surface area contributed by atoms with Gasteiger partial charge in [-0.1, -0.05) is 42.4 Å². The van der Waals surface area contributed by atoms with E-state index in [1.807, 2.05) is 18.4 Å². The van der Waals surface area contributed by atoms with Gasteiger partial charge in [-0.25, -0.2) is 9.50 Å². The molecule has 1 aromatic carbocycles. The molecule has 0 aliphatic carbocycles. The van der Waals surface area contributed by atoms with Crippen molar-refractivity contribution >= 4 is 22.9 Å². The molecule has 0 spiro atoms. The highest BCUT2D eigenvalue weighted by Crippen LogP contribution is 2.34. The molecule has 0 unspecified atom stereocenters. The molecule has 2 aromatic heterocycles. The van der Waals surface area contributed by atoms with Crippen LogP contribution in [0.3, 0.4) is 0 Å². The molecule has 0 atom stereocenters. The molecule has 1 saturated heterocycles. The number of aromatic nitrogens is 3. The van der Waals surface area contributed by atoms with Crippen molar-refractivity contribution in [1.29, 1.82) is 0 Å². The molecule has 0 bridgehead atoms. The third-order valence-electron chi connectivity index (χ3n) is 6.66. The molecule has 0 amide bonds. The number of hydrogen-bond donors (Lipinski definition) is 0. The maximum Gasteiger partial charge on any atom is 0.160 e. The molecule has 1 fully saturated rings. The van der Waals surface area contributed by atoms with Crippen molar-refractivity contribution in [2.24, 2.45) is 0 Å². The fraction of sp³-hybridized carbons (Fsp3) is 0.417. The lowest BCUT2D eigenvalue weighted by Crippen LogP contribution is -2.44. The van der Waals surface area contributed by atoms with E-state index in [-0.39, 0.29) is 0 Å². The van der Waals surface area contributed by atoms with E-state index in [2.05, 4.69) is 52.6 Å². The first kappa shape index (κ1) is 20.5. The van der Waals surface area contributed by atoms with E-state index in [1.165, 1.54) is 16.7 Å². The number of halogens is 1. The standard InChI is InChI=1S/C24H29ClN6/c1-16-23(25)18(3)31-24(26-16)21-14-30(15-22(21)27-31)17(2)20-8-6-5-7-19(20)13-29-11-9-28(4)10-12-29/h5-8H,2,9-15H2,1,3-4H3. The van der Waals surface area contributed by atoms with Gasteiger partial charge in [-0.15, -0.1) is 0 Å². The molecule has 31 heavy (non-hydrogen) atoms. The molecule has 2 aliphatic rings. The highest BCUT2D eigenvalue weighted by molar-refractivity contribution is 6.31. The number of likely N-dealkylation sites (N-methyl/N-ethyl adjacent to an activating group) is 1. The molecule has 6 nitrogen and oxygen atoms in total. The number of benzene rings is 1. The molecule has 0 radical (unpaired) electrons. The van der Waals surface area contributed by atoms with Gasteiger partial charge in [0.05, 0.1) is 28.6 Å². The lowest BCUT2D eigenvalue weighted by atomic mass is 10.0. The van der Waals surface area contributed by atoms with Gasteiger partial charge in [0.25, 0.3) is 0 Å². The first-order chi connectivity index (χ1) is 14.9. The summed E-state index contributed by atoms with van der Waals surface area (Å²) in [5.41, 5.74) is 8.58. The van der Waals surface area contributed by atoms with Crippen molar-refractivity contribution in [1.82, 2.24) is 29.3 Å².